The number of rotatable bonds is 7. The molecule has 2 aliphatic rings. The summed E-state index contributed by atoms with van der Waals surface area (Å²) in [6.45, 7) is 5.93. The van der Waals surface area contributed by atoms with Crippen molar-refractivity contribution in [1.82, 2.24) is 14.9 Å². The summed E-state index contributed by atoms with van der Waals surface area (Å²) in [6, 6.07) is 1.99. The molecule has 6 nitrogen and oxygen atoms in total. The minimum absolute atomic E-state index is 0.576. The molecule has 6 heteroatoms. The number of anilines is 2. The van der Waals surface area contributed by atoms with Crippen LogP contribution in [0.15, 0.2) is 6.07 Å². The second kappa shape index (κ2) is 7.04. The summed E-state index contributed by atoms with van der Waals surface area (Å²) in [5, 5.41) is 6.55. The molecule has 1 saturated heterocycles. The number of aromatic nitrogens is 2. The van der Waals surface area contributed by atoms with E-state index in [9.17, 15) is 0 Å². The molecule has 0 atom stereocenters. The van der Waals surface area contributed by atoms with Gasteiger partial charge in [0, 0.05) is 38.7 Å². The van der Waals surface area contributed by atoms with Crippen molar-refractivity contribution in [3.05, 3.63) is 11.9 Å². The molecule has 1 aliphatic carbocycles. The summed E-state index contributed by atoms with van der Waals surface area (Å²) in [7, 11) is 1.90. The van der Waals surface area contributed by atoms with E-state index in [1.54, 1.807) is 0 Å². The zero-order chi connectivity index (χ0) is 14.5. The first-order valence-corrected chi connectivity index (χ1v) is 7.96. The Hall–Kier alpha value is -1.40. The van der Waals surface area contributed by atoms with Crippen molar-refractivity contribution in [2.24, 2.45) is 0 Å². The van der Waals surface area contributed by atoms with Crippen molar-refractivity contribution in [3.63, 3.8) is 0 Å². The third-order valence-corrected chi connectivity index (χ3v) is 4.00. The second-order valence-corrected chi connectivity index (χ2v) is 5.76. The van der Waals surface area contributed by atoms with Crippen LogP contribution in [0, 0.1) is 0 Å². The Balaban J connectivity index is 1.46. The van der Waals surface area contributed by atoms with Gasteiger partial charge < -0.3 is 15.4 Å². The monoisotopic (exact) mass is 291 g/mol. The maximum Gasteiger partial charge on any atom is 0.136 e. The van der Waals surface area contributed by atoms with Crippen LogP contribution < -0.4 is 10.6 Å². The Kier molecular flexibility index (Phi) is 4.87. The van der Waals surface area contributed by atoms with E-state index in [1.807, 2.05) is 13.1 Å². The molecule has 0 bridgehead atoms. The second-order valence-electron chi connectivity index (χ2n) is 5.76. The highest BCUT2D eigenvalue weighted by Crippen LogP contribution is 2.38. The third kappa shape index (κ3) is 4.28. The van der Waals surface area contributed by atoms with Crippen LogP contribution in [0.1, 0.15) is 31.0 Å². The molecule has 2 heterocycles. The van der Waals surface area contributed by atoms with Crippen LogP contribution in [-0.4, -0.2) is 61.3 Å². The SMILES string of the molecule is CNc1cc(NCCCN2CCOCC2)nc(C2CC2)n1. The van der Waals surface area contributed by atoms with Gasteiger partial charge in [-0.15, -0.1) is 0 Å². The number of nitrogens with zero attached hydrogens (tertiary/aromatic N) is 3. The van der Waals surface area contributed by atoms with Gasteiger partial charge in [-0.05, 0) is 25.8 Å². The first kappa shape index (κ1) is 14.5. The topological polar surface area (TPSA) is 62.3 Å². The lowest BCUT2D eigenvalue weighted by atomic mass is 10.3. The molecular weight excluding hydrogens is 266 g/mol. The van der Waals surface area contributed by atoms with E-state index in [-0.39, 0.29) is 0 Å². The van der Waals surface area contributed by atoms with Gasteiger partial charge in [0.2, 0.25) is 0 Å². The van der Waals surface area contributed by atoms with Crippen LogP contribution in [0.25, 0.3) is 0 Å². The summed E-state index contributed by atoms with van der Waals surface area (Å²) in [5.41, 5.74) is 0. The van der Waals surface area contributed by atoms with Gasteiger partial charge in [-0.25, -0.2) is 9.97 Å². The highest BCUT2D eigenvalue weighted by molar-refractivity contribution is 5.47. The molecule has 3 rings (SSSR count). The van der Waals surface area contributed by atoms with E-state index in [0.717, 1.165) is 63.3 Å². The van der Waals surface area contributed by atoms with Gasteiger partial charge in [0.1, 0.15) is 17.5 Å². The minimum atomic E-state index is 0.576. The number of hydrogen-bond acceptors (Lipinski definition) is 6. The van der Waals surface area contributed by atoms with Gasteiger partial charge >= 0.3 is 0 Å². The van der Waals surface area contributed by atoms with Crippen LogP contribution >= 0.6 is 0 Å². The van der Waals surface area contributed by atoms with E-state index in [0.29, 0.717) is 5.92 Å². The van der Waals surface area contributed by atoms with Crippen molar-refractivity contribution in [2.45, 2.75) is 25.2 Å². The lowest BCUT2D eigenvalue weighted by molar-refractivity contribution is 0.0378. The molecule has 116 valence electrons. The average molecular weight is 291 g/mol. The molecule has 2 N–H and O–H groups in total. The first-order valence-electron chi connectivity index (χ1n) is 7.96. The van der Waals surface area contributed by atoms with E-state index in [2.05, 4.69) is 25.5 Å². The van der Waals surface area contributed by atoms with E-state index in [1.165, 1.54) is 12.8 Å². The summed E-state index contributed by atoms with van der Waals surface area (Å²) < 4.78 is 5.36. The Morgan fingerprint density at radius 1 is 1.24 bits per heavy atom. The van der Waals surface area contributed by atoms with Crippen LogP contribution in [-0.2, 0) is 4.74 Å². The summed E-state index contributed by atoms with van der Waals surface area (Å²) in [4.78, 5) is 11.6. The molecule has 0 radical (unpaired) electrons. The molecule has 1 saturated carbocycles. The third-order valence-electron chi connectivity index (χ3n) is 4.00. The molecule has 1 aromatic rings. The number of ether oxygens (including phenoxy) is 1. The summed E-state index contributed by atoms with van der Waals surface area (Å²) >= 11 is 0. The van der Waals surface area contributed by atoms with Gasteiger partial charge in [-0.2, -0.15) is 0 Å². The fourth-order valence-corrected chi connectivity index (χ4v) is 2.55. The maximum absolute atomic E-state index is 5.36. The van der Waals surface area contributed by atoms with Crippen molar-refractivity contribution in [3.8, 4) is 0 Å². The average Bonchev–Trinajstić information content (AvgIpc) is 3.37. The van der Waals surface area contributed by atoms with E-state index in [4.69, 9.17) is 4.74 Å². The lowest BCUT2D eigenvalue weighted by Crippen LogP contribution is -2.37. The number of hydrogen-bond donors (Lipinski definition) is 2. The molecule has 1 aliphatic heterocycles. The highest BCUT2D eigenvalue weighted by atomic mass is 16.5. The quantitative estimate of drug-likeness (QED) is 0.743. The zero-order valence-corrected chi connectivity index (χ0v) is 12.8. The Morgan fingerprint density at radius 3 is 2.71 bits per heavy atom. The van der Waals surface area contributed by atoms with Gasteiger partial charge in [0.15, 0.2) is 0 Å². The predicted molar refractivity (Wildman–Crippen MR) is 83.9 cm³/mol. The van der Waals surface area contributed by atoms with Crippen molar-refractivity contribution in [2.75, 3.05) is 57.1 Å². The van der Waals surface area contributed by atoms with Gasteiger partial charge in [-0.3, -0.25) is 4.90 Å². The van der Waals surface area contributed by atoms with Crippen LogP contribution in [0.4, 0.5) is 11.6 Å². The minimum Gasteiger partial charge on any atom is -0.379 e. The number of nitrogens with one attached hydrogen (secondary N) is 2. The van der Waals surface area contributed by atoms with Gasteiger partial charge in [0.25, 0.3) is 0 Å². The van der Waals surface area contributed by atoms with Crippen LogP contribution in [0.2, 0.25) is 0 Å². The Bertz CT molecular complexity index is 457. The van der Waals surface area contributed by atoms with Crippen molar-refractivity contribution >= 4 is 11.6 Å². The van der Waals surface area contributed by atoms with Crippen LogP contribution in [0.5, 0.6) is 0 Å². The summed E-state index contributed by atoms with van der Waals surface area (Å²) in [5.74, 6) is 3.41. The highest BCUT2D eigenvalue weighted by Gasteiger charge is 2.27. The Labute approximate surface area is 126 Å². The molecule has 0 aromatic carbocycles. The fraction of sp³-hybridized carbons (Fsp3) is 0.733. The maximum atomic E-state index is 5.36. The largest absolute Gasteiger partial charge is 0.379 e. The van der Waals surface area contributed by atoms with Crippen molar-refractivity contribution < 1.29 is 4.74 Å². The van der Waals surface area contributed by atoms with Gasteiger partial charge in [-0.1, -0.05) is 0 Å². The standard InChI is InChI=1S/C15H25N5O/c1-16-13-11-14(19-15(18-13)12-3-4-12)17-5-2-6-20-7-9-21-10-8-20/h11-12H,2-10H2,1H3,(H2,16,17,18,19). The lowest BCUT2D eigenvalue weighted by Gasteiger charge is -2.26. The molecule has 0 unspecified atom stereocenters. The molecule has 0 spiro atoms. The van der Waals surface area contributed by atoms with E-state index >= 15 is 0 Å². The normalized spacial score (nSPS) is 19.5. The fourth-order valence-electron chi connectivity index (χ4n) is 2.55. The van der Waals surface area contributed by atoms with Gasteiger partial charge in [0.05, 0.1) is 13.2 Å². The molecule has 1 aromatic heterocycles. The van der Waals surface area contributed by atoms with E-state index < -0.39 is 0 Å². The summed E-state index contributed by atoms with van der Waals surface area (Å²) in [6.07, 6.45) is 3.57. The molecule has 0 amide bonds. The van der Waals surface area contributed by atoms with Crippen LogP contribution in [0.3, 0.4) is 0 Å². The first-order chi connectivity index (χ1) is 10.3. The van der Waals surface area contributed by atoms with Crippen molar-refractivity contribution in [1.29, 1.82) is 0 Å². The molecule has 21 heavy (non-hydrogen) atoms. The number of morpholine rings is 1. The predicted octanol–water partition coefficient (Wildman–Crippen LogP) is 1.53. The smallest absolute Gasteiger partial charge is 0.136 e. The zero-order valence-electron chi connectivity index (χ0n) is 12.8. The molecule has 2 fully saturated rings. The molecular formula is C15H25N5O. The Morgan fingerprint density at radius 2 is 2.00 bits per heavy atom.